The topological polar surface area (TPSA) is 6.48 Å². The van der Waals surface area contributed by atoms with Crippen molar-refractivity contribution in [1.29, 1.82) is 0 Å². The summed E-state index contributed by atoms with van der Waals surface area (Å²) in [6.07, 6.45) is 5.54. The molecule has 0 spiro atoms. The van der Waals surface area contributed by atoms with Gasteiger partial charge in [0.15, 0.2) is 0 Å². The van der Waals surface area contributed by atoms with Crippen LogP contribution in [0.15, 0.2) is 0 Å². The molecule has 0 N–H and O–H groups in total. The Morgan fingerprint density at radius 3 is 2.13 bits per heavy atom. The number of likely N-dealkylation sites (N-methyl/N-ethyl adjacent to an activating group) is 1. The molecule has 0 aromatic heterocycles. The molecule has 1 fully saturated rings. The molecule has 0 radical (unpaired) electrons. The van der Waals surface area contributed by atoms with Crippen LogP contribution < -0.4 is 0 Å². The Morgan fingerprint density at radius 2 is 1.60 bits per heavy atom. The summed E-state index contributed by atoms with van der Waals surface area (Å²) in [5.41, 5.74) is 0. The summed E-state index contributed by atoms with van der Waals surface area (Å²) < 4.78 is 0. The molecule has 2 nitrogen and oxygen atoms in total. The van der Waals surface area contributed by atoms with Crippen LogP contribution in [0.2, 0.25) is 0 Å². The first-order chi connectivity index (χ1) is 7.15. The van der Waals surface area contributed by atoms with E-state index < -0.39 is 0 Å². The third kappa shape index (κ3) is 4.12. The van der Waals surface area contributed by atoms with E-state index in [4.69, 9.17) is 0 Å². The predicted molar refractivity (Wildman–Crippen MR) is 67.3 cm³/mol. The van der Waals surface area contributed by atoms with Gasteiger partial charge in [-0.1, -0.05) is 26.2 Å². The number of nitrogens with zero attached hydrogens (tertiary/aromatic N) is 2. The Balaban J connectivity index is 2.20. The van der Waals surface area contributed by atoms with E-state index in [2.05, 4.69) is 37.6 Å². The van der Waals surface area contributed by atoms with Gasteiger partial charge in [0.25, 0.3) is 0 Å². The van der Waals surface area contributed by atoms with Crippen molar-refractivity contribution in [2.75, 3.05) is 26.7 Å². The van der Waals surface area contributed by atoms with Gasteiger partial charge in [-0.2, -0.15) is 0 Å². The molecule has 1 saturated heterocycles. The van der Waals surface area contributed by atoms with Crippen LogP contribution >= 0.6 is 0 Å². The molecule has 0 aromatic rings. The monoisotopic (exact) mass is 212 g/mol. The SMILES string of the molecule is CCCCCCN1CC(C)N(C)C(C)C1. The molecule has 15 heavy (non-hydrogen) atoms. The zero-order chi connectivity index (χ0) is 11.3. The highest BCUT2D eigenvalue weighted by atomic mass is 15.3. The highest BCUT2D eigenvalue weighted by Gasteiger charge is 2.25. The Morgan fingerprint density at radius 1 is 1.00 bits per heavy atom. The van der Waals surface area contributed by atoms with E-state index in [0.717, 1.165) is 12.1 Å². The second-order valence-electron chi connectivity index (χ2n) is 5.18. The average Bonchev–Trinajstić information content (AvgIpc) is 2.21. The zero-order valence-electron chi connectivity index (χ0n) is 11.0. The average molecular weight is 212 g/mol. The van der Waals surface area contributed by atoms with Crippen molar-refractivity contribution in [3.63, 3.8) is 0 Å². The minimum atomic E-state index is 0.722. The van der Waals surface area contributed by atoms with Gasteiger partial charge in [-0.15, -0.1) is 0 Å². The third-order valence-electron chi connectivity index (χ3n) is 3.76. The zero-order valence-corrected chi connectivity index (χ0v) is 11.0. The normalized spacial score (nSPS) is 29.6. The molecule has 0 amide bonds. The lowest BCUT2D eigenvalue weighted by atomic mass is 10.1. The maximum atomic E-state index is 2.64. The Bertz CT molecular complexity index is 158. The van der Waals surface area contributed by atoms with Crippen molar-refractivity contribution in [2.24, 2.45) is 0 Å². The van der Waals surface area contributed by atoms with Gasteiger partial charge in [-0.25, -0.2) is 0 Å². The standard InChI is InChI=1S/C13H28N2/c1-5-6-7-8-9-15-10-12(2)14(4)13(3)11-15/h12-13H,5-11H2,1-4H3. The van der Waals surface area contributed by atoms with Gasteiger partial charge in [-0.3, -0.25) is 4.90 Å². The van der Waals surface area contributed by atoms with Gasteiger partial charge in [0.1, 0.15) is 0 Å². The number of hydrogen-bond acceptors (Lipinski definition) is 2. The Hall–Kier alpha value is -0.0800. The van der Waals surface area contributed by atoms with Crippen LogP contribution in [0.1, 0.15) is 46.5 Å². The van der Waals surface area contributed by atoms with Crippen LogP contribution in [0.4, 0.5) is 0 Å². The quantitative estimate of drug-likeness (QED) is 0.646. The molecule has 1 aliphatic rings. The fourth-order valence-corrected chi connectivity index (χ4v) is 2.46. The molecule has 1 heterocycles. The van der Waals surface area contributed by atoms with E-state index >= 15 is 0 Å². The van der Waals surface area contributed by atoms with Crippen molar-refractivity contribution in [3.05, 3.63) is 0 Å². The molecule has 1 rings (SSSR count). The van der Waals surface area contributed by atoms with Crippen molar-refractivity contribution in [2.45, 2.75) is 58.5 Å². The molecule has 0 aliphatic carbocycles. The van der Waals surface area contributed by atoms with E-state index in [9.17, 15) is 0 Å². The maximum absolute atomic E-state index is 2.64. The molecule has 1 aliphatic heterocycles. The van der Waals surface area contributed by atoms with E-state index in [-0.39, 0.29) is 0 Å². The van der Waals surface area contributed by atoms with Gasteiger partial charge in [0.2, 0.25) is 0 Å². The lowest BCUT2D eigenvalue weighted by Crippen LogP contribution is -2.54. The van der Waals surface area contributed by atoms with Crippen LogP contribution in [0.25, 0.3) is 0 Å². The second-order valence-corrected chi connectivity index (χ2v) is 5.18. The molecule has 2 heteroatoms. The minimum Gasteiger partial charge on any atom is -0.300 e. The summed E-state index contributed by atoms with van der Waals surface area (Å²) in [7, 11) is 2.25. The smallest absolute Gasteiger partial charge is 0.0195 e. The van der Waals surface area contributed by atoms with Gasteiger partial charge in [-0.05, 0) is 33.9 Å². The molecule has 0 saturated carbocycles. The molecule has 2 unspecified atom stereocenters. The lowest BCUT2D eigenvalue weighted by Gasteiger charge is -2.42. The fourth-order valence-electron chi connectivity index (χ4n) is 2.46. The first-order valence-electron chi connectivity index (χ1n) is 6.59. The van der Waals surface area contributed by atoms with Crippen LogP contribution in [-0.4, -0.2) is 48.6 Å². The van der Waals surface area contributed by atoms with Crippen LogP contribution in [0.3, 0.4) is 0 Å². The van der Waals surface area contributed by atoms with E-state index in [1.807, 2.05) is 0 Å². The minimum absolute atomic E-state index is 0.722. The van der Waals surface area contributed by atoms with Gasteiger partial charge < -0.3 is 4.90 Å². The summed E-state index contributed by atoms with van der Waals surface area (Å²) in [5.74, 6) is 0. The first kappa shape index (κ1) is 13.0. The highest BCUT2D eigenvalue weighted by molar-refractivity contribution is 4.82. The number of hydrogen-bond donors (Lipinski definition) is 0. The summed E-state index contributed by atoms with van der Waals surface area (Å²) >= 11 is 0. The van der Waals surface area contributed by atoms with E-state index in [1.54, 1.807) is 0 Å². The highest BCUT2D eigenvalue weighted by Crippen LogP contribution is 2.14. The van der Waals surface area contributed by atoms with Crippen LogP contribution in [0.5, 0.6) is 0 Å². The van der Waals surface area contributed by atoms with Crippen LogP contribution in [-0.2, 0) is 0 Å². The van der Waals surface area contributed by atoms with E-state index in [0.29, 0.717) is 0 Å². The Kier molecular flexibility index (Phi) is 5.62. The van der Waals surface area contributed by atoms with Gasteiger partial charge in [0.05, 0.1) is 0 Å². The molecule has 90 valence electrons. The number of rotatable bonds is 5. The predicted octanol–water partition coefficient (Wildman–Crippen LogP) is 2.59. The number of piperazine rings is 1. The molecule has 0 bridgehead atoms. The lowest BCUT2D eigenvalue weighted by molar-refractivity contribution is 0.0591. The summed E-state index contributed by atoms with van der Waals surface area (Å²) in [4.78, 5) is 5.15. The molecule has 2 atom stereocenters. The van der Waals surface area contributed by atoms with Crippen molar-refractivity contribution >= 4 is 0 Å². The van der Waals surface area contributed by atoms with Crippen molar-refractivity contribution in [1.82, 2.24) is 9.80 Å². The number of unbranched alkanes of at least 4 members (excludes halogenated alkanes) is 3. The van der Waals surface area contributed by atoms with Crippen LogP contribution in [0, 0.1) is 0 Å². The summed E-state index contributed by atoms with van der Waals surface area (Å²) in [6.45, 7) is 10.8. The molecule has 0 aromatic carbocycles. The second kappa shape index (κ2) is 6.49. The maximum Gasteiger partial charge on any atom is 0.0195 e. The van der Waals surface area contributed by atoms with E-state index in [1.165, 1.54) is 45.3 Å². The first-order valence-corrected chi connectivity index (χ1v) is 6.59. The summed E-state index contributed by atoms with van der Waals surface area (Å²) in [6, 6.07) is 1.44. The van der Waals surface area contributed by atoms with Gasteiger partial charge in [0, 0.05) is 25.2 Å². The van der Waals surface area contributed by atoms with Crippen molar-refractivity contribution < 1.29 is 0 Å². The largest absolute Gasteiger partial charge is 0.300 e. The third-order valence-corrected chi connectivity index (χ3v) is 3.76. The fraction of sp³-hybridized carbons (Fsp3) is 1.00. The Labute approximate surface area is 95.6 Å². The molecular formula is C13H28N2. The van der Waals surface area contributed by atoms with Crippen molar-refractivity contribution in [3.8, 4) is 0 Å². The molecular weight excluding hydrogens is 184 g/mol. The van der Waals surface area contributed by atoms with Gasteiger partial charge >= 0.3 is 0 Å². The summed E-state index contributed by atoms with van der Waals surface area (Å²) in [5, 5.41) is 0.